The van der Waals surface area contributed by atoms with Gasteiger partial charge in [0.1, 0.15) is 5.01 Å². The first kappa shape index (κ1) is 22.0. The fourth-order valence-electron chi connectivity index (χ4n) is 2.97. The van der Waals surface area contributed by atoms with E-state index in [4.69, 9.17) is 9.47 Å². The summed E-state index contributed by atoms with van der Waals surface area (Å²) in [6.45, 7) is 5.61. The van der Waals surface area contributed by atoms with E-state index in [9.17, 15) is 9.59 Å². The van der Waals surface area contributed by atoms with Crippen LogP contribution in [0.1, 0.15) is 53.7 Å². The maximum atomic E-state index is 13.3. The molecule has 2 rings (SSSR count). The van der Waals surface area contributed by atoms with Gasteiger partial charge in [-0.25, -0.2) is 9.78 Å². The zero-order chi connectivity index (χ0) is 20.4. The van der Waals surface area contributed by atoms with E-state index >= 15 is 0 Å². The fraction of sp³-hybridized carbons (Fsp3) is 0.476. The second-order valence-electron chi connectivity index (χ2n) is 6.32. The molecular formula is C21H28N2O4S. The molecule has 0 N–H and O–H groups in total. The predicted octanol–water partition coefficient (Wildman–Crippen LogP) is 3.88. The van der Waals surface area contributed by atoms with Gasteiger partial charge in [0.05, 0.1) is 19.1 Å². The van der Waals surface area contributed by atoms with Crippen molar-refractivity contribution >= 4 is 23.2 Å². The number of amides is 1. The molecule has 6 nitrogen and oxygen atoms in total. The Morgan fingerprint density at radius 3 is 2.61 bits per heavy atom. The van der Waals surface area contributed by atoms with Crippen LogP contribution >= 0.6 is 11.3 Å². The molecule has 0 radical (unpaired) electrons. The number of nitrogens with zero attached hydrogens (tertiary/aromatic N) is 2. The Balaban J connectivity index is 2.16. The average molecular weight is 405 g/mol. The number of carbonyl (C=O) groups is 2. The molecule has 0 saturated carbocycles. The highest BCUT2D eigenvalue weighted by Crippen LogP contribution is 2.24. The van der Waals surface area contributed by atoms with Crippen LogP contribution in [0.4, 0.5) is 0 Å². The second kappa shape index (κ2) is 11.6. The molecular weight excluding hydrogens is 376 g/mol. The highest BCUT2D eigenvalue weighted by Gasteiger charge is 2.25. The van der Waals surface area contributed by atoms with E-state index in [0.29, 0.717) is 32.0 Å². The van der Waals surface area contributed by atoms with Gasteiger partial charge in [0.15, 0.2) is 5.69 Å². The van der Waals surface area contributed by atoms with Crippen molar-refractivity contribution in [2.75, 3.05) is 26.9 Å². The van der Waals surface area contributed by atoms with Crippen molar-refractivity contribution in [3.05, 3.63) is 52.0 Å². The monoisotopic (exact) mass is 404 g/mol. The number of esters is 1. The standard InChI is InChI=1S/C21H28N2O4S/c1-4-17(16-10-7-6-8-11-16)20(24)23(12-9-13-26-3)14-19-22-18(15-28-19)21(25)27-5-2/h6-8,10-11,15,17H,4-5,9,12-14H2,1-3H3/t17-/m1/s1. The molecule has 1 atom stereocenters. The smallest absolute Gasteiger partial charge is 0.357 e. The largest absolute Gasteiger partial charge is 0.461 e. The Bertz CT molecular complexity index is 748. The molecule has 2 aromatic rings. The van der Waals surface area contributed by atoms with E-state index < -0.39 is 5.97 Å². The Morgan fingerprint density at radius 1 is 1.21 bits per heavy atom. The van der Waals surface area contributed by atoms with Crippen LogP contribution in [0.5, 0.6) is 0 Å². The fourth-order valence-corrected chi connectivity index (χ4v) is 3.75. The summed E-state index contributed by atoms with van der Waals surface area (Å²) >= 11 is 1.37. The number of methoxy groups -OCH3 is 1. The van der Waals surface area contributed by atoms with E-state index in [1.165, 1.54) is 11.3 Å². The van der Waals surface area contributed by atoms with Gasteiger partial charge in [-0.1, -0.05) is 37.3 Å². The molecule has 0 bridgehead atoms. The van der Waals surface area contributed by atoms with Crippen LogP contribution in [0.15, 0.2) is 35.7 Å². The highest BCUT2D eigenvalue weighted by atomic mass is 32.1. The highest BCUT2D eigenvalue weighted by molar-refractivity contribution is 7.09. The van der Waals surface area contributed by atoms with Crippen LogP contribution in [0.2, 0.25) is 0 Å². The van der Waals surface area contributed by atoms with E-state index in [0.717, 1.165) is 23.4 Å². The molecule has 1 heterocycles. The van der Waals surface area contributed by atoms with Crippen LogP contribution in [0, 0.1) is 0 Å². The third kappa shape index (κ3) is 6.14. The maximum Gasteiger partial charge on any atom is 0.357 e. The lowest BCUT2D eigenvalue weighted by atomic mass is 9.95. The number of benzene rings is 1. The van der Waals surface area contributed by atoms with Crippen molar-refractivity contribution in [2.24, 2.45) is 0 Å². The molecule has 0 saturated heterocycles. The number of hydrogen-bond acceptors (Lipinski definition) is 6. The van der Waals surface area contributed by atoms with Crippen molar-refractivity contribution in [3.63, 3.8) is 0 Å². The lowest BCUT2D eigenvalue weighted by Crippen LogP contribution is -2.36. The van der Waals surface area contributed by atoms with Crippen LogP contribution in [-0.2, 0) is 20.8 Å². The molecule has 0 unspecified atom stereocenters. The summed E-state index contributed by atoms with van der Waals surface area (Å²) in [5.74, 6) is -0.566. The van der Waals surface area contributed by atoms with Crippen LogP contribution in [0.25, 0.3) is 0 Å². The first-order valence-electron chi connectivity index (χ1n) is 9.54. The lowest BCUT2D eigenvalue weighted by Gasteiger charge is -2.26. The van der Waals surface area contributed by atoms with Crippen molar-refractivity contribution < 1.29 is 19.1 Å². The van der Waals surface area contributed by atoms with Gasteiger partial charge in [0.2, 0.25) is 5.91 Å². The van der Waals surface area contributed by atoms with Gasteiger partial charge in [0.25, 0.3) is 0 Å². The quantitative estimate of drug-likeness (QED) is 0.420. The Kier molecular flexibility index (Phi) is 9.10. The first-order valence-corrected chi connectivity index (χ1v) is 10.4. The Morgan fingerprint density at radius 2 is 1.96 bits per heavy atom. The number of hydrogen-bond donors (Lipinski definition) is 0. The van der Waals surface area contributed by atoms with Gasteiger partial charge in [-0.15, -0.1) is 11.3 Å². The van der Waals surface area contributed by atoms with E-state index in [1.54, 1.807) is 19.4 Å². The van der Waals surface area contributed by atoms with E-state index in [-0.39, 0.29) is 11.8 Å². The summed E-state index contributed by atoms with van der Waals surface area (Å²) in [4.78, 5) is 31.3. The molecule has 7 heteroatoms. The maximum absolute atomic E-state index is 13.3. The van der Waals surface area contributed by atoms with Crippen LogP contribution in [0.3, 0.4) is 0 Å². The first-order chi connectivity index (χ1) is 13.6. The normalized spacial score (nSPS) is 11.8. The van der Waals surface area contributed by atoms with Gasteiger partial charge >= 0.3 is 5.97 Å². The molecule has 0 aliphatic rings. The van der Waals surface area contributed by atoms with Crippen molar-refractivity contribution in [2.45, 2.75) is 39.2 Å². The summed E-state index contributed by atoms with van der Waals surface area (Å²) in [5, 5.41) is 2.40. The third-order valence-electron chi connectivity index (χ3n) is 4.36. The third-order valence-corrected chi connectivity index (χ3v) is 5.19. The van der Waals surface area contributed by atoms with Gasteiger partial charge in [0, 0.05) is 25.6 Å². The molecule has 0 fully saturated rings. The van der Waals surface area contributed by atoms with E-state index in [1.807, 2.05) is 42.2 Å². The summed E-state index contributed by atoms with van der Waals surface area (Å²) < 4.78 is 10.1. The molecule has 0 aliphatic heterocycles. The predicted molar refractivity (Wildman–Crippen MR) is 109 cm³/mol. The van der Waals surface area contributed by atoms with Gasteiger partial charge in [-0.3, -0.25) is 4.79 Å². The van der Waals surface area contributed by atoms with Crippen molar-refractivity contribution in [3.8, 4) is 0 Å². The molecule has 1 aromatic heterocycles. The number of carbonyl (C=O) groups excluding carboxylic acids is 2. The molecule has 152 valence electrons. The number of rotatable bonds is 11. The zero-order valence-electron chi connectivity index (χ0n) is 16.7. The van der Waals surface area contributed by atoms with Gasteiger partial charge in [-0.2, -0.15) is 0 Å². The number of aromatic nitrogens is 1. The van der Waals surface area contributed by atoms with Crippen molar-refractivity contribution in [1.82, 2.24) is 9.88 Å². The van der Waals surface area contributed by atoms with Crippen molar-refractivity contribution in [1.29, 1.82) is 0 Å². The molecule has 0 spiro atoms. The molecule has 1 aromatic carbocycles. The number of ether oxygens (including phenoxy) is 2. The second-order valence-corrected chi connectivity index (χ2v) is 7.27. The van der Waals surface area contributed by atoms with Crippen LogP contribution in [-0.4, -0.2) is 48.6 Å². The number of thiazole rings is 1. The zero-order valence-corrected chi connectivity index (χ0v) is 17.5. The summed E-state index contributed by atoms with van der Waals surface area (Å²) in [6.07, 6.45) is 1.46. The SMILES string of the molecule is CCOC(=O)c1csc(CN(CCCOC)C(=O)[C@H](CC)c2ccccc2)n1. The Hall–Kier alpha value is -2.25. The summed E-state index contributed by atoms with van der Waals surface area (Å²) in [7, 11) is 1.65. The minimum atomic E-state index is -0.432. The van der Waals surface area contributed by atoms with E-state index in [2.05, 4.69) is 4.98 Å². The molecule has 1 amide bonds. The van der Waals surface area contributed by atoms with Crippen LogP contribution < -0.4 is 0 Å². The van der Waals surface area contributed by atoms with Gasteiger partial charge < -0.3 is 14.4 Å². The Labute approximate surface area is 170 Å². The lowest BCUT2D eigenvalue weighted by molar-refractivity contribution is -0.133. The molecule has 28 heavy (non-hydrogen) atoms. The minimum absolute atomic E-state index is 0.0673. The molecule has 0 aliphatic carbocycles. The topological polar surface area (TPSA) is 68.7 Å². The summed E-state index contributed by atoms with van der Waals surface area (Å²) in [5.41, 5.74) is 1.30. The minimum Gasteiger partial charge on any atom is -0.461 e. The summed E-state index contributed by atoms with van der Waals surface area (Å²) in [6, 6.07) is 9.83. The average Bonchev–Trinajstić information content (AvgIpc) is 3.18. The van der Waals surface area contributed by atoms with Gasteiger partial charge in [-0.05, 0) is 25.3 Å².